The molecule has 0 atom stereocenters. The fraction of sp³-hybridized carbons (Fsp3) is 0.452. The Hall–Kier alpha value is -3.67. The molecule has 4 rings (SSSR count). The summed E-state index contributed by atoms with van der Waals surface area (Å²) >= 11 is 1.47. The molecule has 1 N–H and O–H groups in total. The van der Waals surface area contributed by atoms with Crippen LogP contribution in [0.25, 0.3) is 10.2 Å². The number of nitrogens with zero attached hydrogens (tertiary/aromatic N) is 4. The lowest BCUT2D eigenvalue weighted by Gasteiger charge is -2.34. The monoisotopic (exact) mass is 593 g/mol. The van der Waals surface area contributed by atoms with Gasteiger partial charge in [-0.25, -0.2) is 4.98 Å². The van der Waals surface area contributed by atoms with Gasteiger partial charge in [0.15, 0.2) is 5.13 Å². The van der Waals surface area contributed by atoms with E-state index in [9.17, 15) is 19.2 Å². The average molecular weight is 594 g/mol. The number of fused-ring (bicyclic) bond motifs is 1. The fourth-order valence-corrected chi connectivity index (χ4v) is 5.83. The highest BCUT2D eigenvalue weighted by atomic mass is 32.1. The zero-order valence-corrected chi connectivity index (χ0v) is 25.2. The van der Waals surface area contributed by atoms with Crippen molar-refractivity contribution >= 4 is 50.3 Å². The van der Waals surface area contributed by atoms with Gasteiger partial charge in [0.05, 0.1) is 16.8 Å². The van der Waals surface area contributed by atoms with Gasteiger partial charge < -0.3 is 10.2 Å². The SMILES string of the molecule is CC(=O)N(OCc1ccccc1)C(=O)CCCCCCC(=O)N1CCN(CC(=O)Nc2nc3c(C)cccc3s2)CC1. The molecule has 3 aromatic rings. The Balaban J connectivity index is 1.07. The number of imide groups is 1. The third kappa shape index (κ3) is 9.17. The second-order valence-electron chi connectivity index (χ2n) is 10.5. The van der Waals surface area contributed by atoms with E-state index in [1.807, 2.05) is 60.4 Å². The number of hydrogen-bond acceptors (Lipinski definition) is 8. The lowest BCUT2D eigenvalue weighted by Crippen LogP contribution is -2.50. The molecule has 1 aliphatic heterocycles. The smallest absolute Gasteiger partial charge is 0.253 e. The van der Waals surface area contributed by atoms with Crippen molar-refractivity contribution in [2.24, 2.45) is 0 Å². The van der Waals surface area contributed by atoms with Crippen LogP contribution in [0, 0.1) is 6.92 Å². The van der Waals surface area contributed by atoms with Gasteiger partial charge in [0.1, 0.15) is 6.61 Å². The summed E-state index contributed by atoms with van der Waals surface area (Å²) in [7, 11) is 0. The van der Waals surface area contributed by atoms with Crippen LogP contribution < -0.4 is 5.32 Å². The number of carbonyl (C=O) groups excluding carboxylic acids is 4. The molecule has 0 radical (unpaired) electrons. The standard InChI is InChI=1S/C31H39N5O5S/c1-23-11-10-14-26-30(23)33-31(42-26)32-27(38)21-34-17-19-35(20-18-34)28(39)15-8-3-4-9-16-29(40)36(24(2)37)41-22-25-12-6-5-7-13-25/h5-7,10-14H,3-4,8-9,15-22H2,1-2H3,(H,32,33,38). The van der Waals surface area contributed by atoms with Crippen LogP contribution in [-0.4, -0.2) is 76.2 Å². The van der Waals surface area contributed by atoms with Crippen molar-refractivity contribution in [2.75, 3.05) is 38.0 Å². The molecule has 0 aliphatic carbocycles. The van der Waals surface area contributed by atoms with Crippen LogP contribution in [-0.2, 0) is 30.6 Å². The Labute approximate surface area is 250 Å². The predicted octanol–water partition coefficient (Wildman–Crippen LogP) is 4.53. The number of piperazine rings is 1. The van der Waals surface area contributed by atoms with E-state index in [2.05, 4.69) is 15.2 Å². The van der Waals surface area contributed by atoms with Gasteiger partial charge >= 0.3 is 0 Å². The van der Waals surface area contributed by atoms with Crippen LogP contribution >= 0.6 is 11.3 Å². The molecule has 42 heavy (non-hydrogen) atoms. The topological polar surface area (TPSA) is 112 Å². The molecule has 1 saturated heterocycles. The van der Waals surface area contributed by atoms with Gasteiger partial charge in [-0.1, -0.05) is 66.6 Å². The van der Waals surface area contributed by atoms with Gasteiger partial charge in [-0.15, -0.1) is 0 Å². The first-order chi connectivity index (χ1) is 20.3. The first kappa shape index (κ1) is 31.3. The molecule has 0 bridgehead atoms. The van der Waals surface area contributed by atoms with E-state index in [4.69, 9.17) is 4.84 Å². The van der Waals surface area contributed by atoms with E-state index in [1.165, 1.54) is 18.3 Å². The highest BCUT2D eigenvalue weighted by Gasteiger charge is 2.23. The Morgan fingerprint density at radius 1 is 0.929 bits per heavy atom. The summed E-state index contributed by atoms with van der Waals surface area (Å²) in [6.45, 7) is 6.25. The molecular weight excluding hydrogens is 554 g/mol. The lowest BCUT2D eigenvalue weighted by molar-refractivity contribution is -0.197. The maximum atomic E-state index is 12.7. The Kier molecular flexibility index (Phi) is 11.6. The number of hydrogen-bond donors (Lipinski definition) is 1. The molecule has 224 valence electrons. The van der Waals surface area contributed by atoms with Crippen molar-refractivity contribution in [1.29, 1.82) is 0 Å². The molecule has 0 unspecified atom stereocenters. The summed E-state index contributed by atoms with van der Waals surface area (Å²) < 4.78 is 1.05. The molecule has 1 aliphatic rings. The summed E-state index contributed by atoms with van der Waals surface area (Å²) in [6, 6.07) is 15.4. The minimum absolute atomic E-state index is 0.0980. The number of thiazole rings is 1. The molecule has 0 spiro atoms. The van der Waals surface area contributed by atoms with Crippen LogP contribution in [0.4, 0.5) is 5.13 Å². The summed E-state index contributed by atoms with van der Waals surface area (Å²) in [5.41, 5.74) is 2.88. The van der Waals surface area contributed by atoms with Gasteiger partial charge in [0, 0.05) is 45.9 Å². The Morgan fingerprint density at radius 3 is 2.33 bits per heavy atom. The van der Waals surface area contributed by atoms with E-state index in [1.54, 1.807) is 0 Å². The van der Waals surface area contributed by atoms with E-state index in [0.717, 1.165) is 45.7 Å². The minimum atomic E-state index is -0.439. The molecule has 0 saturated carbocycles. The van der Waals surface area contributed by atoms with Crippen LogP contribution in [0.15, 0.2) is 48.5 Å². The van der Waals surface area contributed by atoms with Crippen molar-refractivity contribution in [3.05, 3.63) is 59.7 Å². The number of para-hydroxylation sites is 1. The number of rotatable bonds is 13. The largest absolute Gasteiger partial charge is 0.340 e. The molecule has 2 heterocycles. The van der Waals surface area contributed by atoms with Crippen LogP contribution in [0.1, 0.15) is 56.6 Å². The molecule has 2 aromatic carbocycles. The maximum absolute atomic E-state index is 12.7. The van der Waals surface area contributed by atoms with Gasteiger partial charge in [-0.05, 0) is 37.0 Å². The van der Waals surface area contributed by atoms with Crippen LogP contribution in [0.2, 0.25) is 0 Å². The number of unbranched alkanes of at least 4 members (excludes halogenated alkanes) is 3. The van der Waals surface area contributed by atoms with E-state index >= 15 is 0 Å². The summed E-state index contributed by atoms with van der Waals surface area (Å²) in [5.74, 6) is -0.766. The maximum Gasteiger partial charge on any atom is 0.253 e. The lowest BCUT2D eigenvalue weighted by atomic mass is 10.1. The normalized spacial score (nSPS) is 13.7. The van der Waals surface area contributed by atoms with Crippen LogP contribution in [0.5, 0.6) is 0 Å². The van der Waals surface area contributed by atoms with Crippen molar-refractivity contribution in [3.8, 4) is 0 Å². The Bertz CT molecular complexity index is 1370. The van der Waals surface area contributed by atoms with Crippen molar-refractivity contribution < 1.29 is 24.0 Å². The summed E-state index contributed by atoms with van der Waals surface area (Å²) in [4.78, 5) is 63.5. The number of aryl methyl sites for hydroxylation is 1. The van der Waals surface area contributed by atoms with Crippen LogP contribution in [0.3, 0.4) is 0 Å². The van der Waals surface area contributed by atoms with Crippen molar-refractivity contribution in [3.63, 3.8) is 0 Å². The first-order valence-electron chi connectivity index (χ1n) is 14.5. The number of amides is 4. The molecule has 11 heteroatoms. The molecule has 4 amide bonds. The number of carbonyl (C=O) groups is 4. The Morgan fingerprint density at radius 2 is 1.64 bits per heavy atom. The number of anilines is 1. The fourth-order valence-electron chi connectivity index (χ4n) is 4.87. The minimum Gasteiger partial charge on any atom is -0.340 e. The molecule has 1 fully saturated rings. The van der Waals surface area contributed by atoms with Gasteiger partial charge in [0.2, 0.25) is 17.7 Å². The zero-order valence-electron chi connectivity index (χ0n) is 24.3. The molecule has 10 nitrogen and oxygen atoms in total. The van der Waals surface area contributed by atoms with Gasteiger partial charge in [-0.2, -0.15) is 5.06 Å². The highest BCUT2D eigenvalue weighted by Crippen LogP contribution is 2.27. The van der Waals surface area contributed by atoms with Gasteiger partial charge in [0.25, 0.3) is 5.91 Å². The van der Waals surface area contributed by atoms with Gasteiger partial charge in [-0.3, -0.25) is 28.9 Å². The molecule has 1 aromatic heterocycles. The number of benzene rings is 2. The second-order valence-corrected chi connectivity index (χ2v) is 11.6. The number of hydroxylamine groups is 2. The quantitative estimate of drug-likeness (QED) is 0.229. The summed E-state index contributed by atoms with van der Waals surface area (Å²) in [5, 5.41) is 4.37. The average Bonchev–Trinajstić information content (AvgIpc) is 3.39. The predicted molar refractivity (Wildman–Crippen MR) is 162 cm³/mol. The third-order valence-electron chi connectivity index (χ3n) is 7.21. The van der Waals surface area contributed by atoms with Crippen molar-refractivity contribution in [2.45, 2.75) is 59.0 Å². The van der Waals surface area contributed by atoms with E-state index in [-0.39, 0.29) is 37.3 Å². The van der Waals surface area contributed by atoms with E-state index in [0.29, 0.717) is 44.2 Å². The van der Waals surface area contributed by atoms with E-state index < -0.39 is 5.91 Å². The second kappa shape index (κ2) is 15.5. The highest BCUT2D eigenvalue weighted by molar-refractivity contribution is 7.22. The third-order valence-corrected chi connectivity index (χ3v) is 8.14. The first-order valence-corrected chi connectivity index (χ1v) is 15.3. The zero-order chi connectivity index (χ0) is 29.9. The summed E-state index contributed by atoms with van der Waals surface area (Å²) in [6.07, 6.45) is 3.68. The number of aromatic nitrogens is 1. The number of nitrogens with one attached hydrogen (secondary N) is 1. The van der Waals surface area contributed by atoms with Crippen molar-refractivity contribution in [1.82, 2.24) is 19.8 Å². The molecular formula is C31H39N5O5S.